The average molecular weight is 238 g/mol. The molecule has 0 unspecified atom stereocenters. The second-order valence-electron chi connectivity index (χ2n) is 2.55. The van der Waals surface area contributed by atoms with Crippen LogP contribution in [0, 0.1) is 0 Å². The summed E-state index contributed by atoms with van der Waals surface area (Å²) < 4.78 is 35.4. The minimum Gasteiger partial charge on any atom is -0.294 e. The normalized spacial score (nSPS) is 11.2. The van der Waals surface area contributed by atoms with Crippen LogP contribution in [0.5, 0.6) is 0 Å². The predicted molar refractivity (Wildman–Crippen MR) is 46.8 cm³/mol. The predicted octanol–water partition coefficient (Wildman–Crippen LogP) is 1.85. The van der Waals surface area contributed by atoms with Crippen LogP contribution in [-0.4, -0.2) is 22.9 Å². The fourth-order valence-electron chi connectivity index (χ4n) is 0.661. The van der Waals surface area contributed by atoms with E-state index < -0.39 is 12.1 Å². The van der Waals surface area contributed by atoms with Crippen LogP contribution in [0.1, 0.15) is 17.4 Å². The second-order valence-corrected chi connectivity index (χ2v) is 3.40. The van der Waals surface area contributed by atoms with Gasteiger partial charge in [-0.3, -0.25) is 14.9 Å². The van der Waals surface area contributed by atoms with Crippen molar-refractivity contribution in [3.05, 3.63) is 11.1 Å². The number of thiazole rings is 1. The van der Waals surface area contributed by atoms with Crippen molar-refractivity contribution in [1.82, 2.24) is 4.98 Å². The molecule has 0 spiro atoms. The van der Waals surface area contributed by atoms with E-state index in [9.17, 15) is 22.8 Å². The number of halogens is 3. The van der Waals surface area contributed by atoms with Crippen LogP contribution in [0.25, 0.3) is 0 Å². The van der Waals surface area contributed by atoms with Gasteiger partial charge in [-0.05, 0) is 0 Å². The van der Waals surface area contributed by atoms with Crippen LogP contribution in [-0.2, 0) is 4.79 Å². The lowest BCUT2D eigenvalue weighted by atomic mass is 10.4. The first-order chi connectivity index (χ1) is 6.80. The third-order valence-electron chi connectivity index (χ3n) is 1.34. The molecule has 0 atom stereocenters. The van der Waals surface area contributed by atoms with Crippen LogP contribution in [0.4, 0.5) is 18.3 Å². The zero-order chi connectivity index (χ0) is 11.6. The summed E-state index contributed by atoms with van der Waals surface area (Å²) in [6.45, 7) is 1.23. The number of aromatic nitrogens is 1. The molecule has 0 aromatic carbocycles. The van der Waals surface area contributed by atoms with Gasteiger partial charge in [0.1, 0.15) is 5.69 Å². The Hall–Kier alpha value is -1.44. The van der Waals surface area contributed by atoms with E-state index in [1.165, 1.54) is 12.3 Å². The molecule has 1 N–H and O–H groups in total. The van der Waals surface area contributed by atoms with E-state index in [2.05, 4.69) is 4.98 Å². The van der Waals surface area contributed by atoms with Crippen molar-refractivity contribution in [2.75, 3.05) is 5.32 Å². The fourth-order valence-corrected chi connectivity index (χ4v) is 1.41. The number of Topliss-reactive ketones (excluding diaryl/α,β-unsaturated/α-hetero) is 1. The van der Waals surface area contributed by atoms with Gasteiger partial charge >= 0.3 is 12.1 Å². The van der Waals surface area contributed by atoms with Crippen LogP contribution in [0.3, 0.4) is 0 Å². The van der Waals surface area contributed by atoms with E-state index in [1.54, 1.807) is 5.32 Å². The van der Waals surface area contributed by atoms with Crippen LogP contribution in [0.2, 0.25) is 0 Å². The van der Waals surface area contributed by atoms with E-state index in [0.717, 1.165) is 11.3 Å². The highest BCUT2D eigenvalue weighted by Crippen LogP contribution is 2.20. The van der Waals surface area contributed by atoms with Gasteiger partial charge < -0.3 is 0 Å². The first-order valence-electron chi connectivity index (χ1n) is 3.65. The number of hydrogen-bond acceptors (Lipinski definition) is 4. The molecule has 8 heteroatoms. The van der Waals surface area contributed by atoms with E-state index in [4.69, 9.17) is 0 Å². The van der Waals surface area contributed by atoms with Gasteiger partial charge in [-0.1, -0.05) is 0 Å². The maximum absolute atomic E-state index is 11.8. The summed E-state index contributed by atoms with van der Waals surface area (Å²) in [5.41, 5.74) is 0.0254. The van der Waals surface area contributed by atoms with Gasteiger partial charge in [0.05, 0.1) is 0 Å². The van der Waals surface area contributed by atoms with Gasteiger partial charge in [0.25, 0.3) is 0 Å². The van der Waals surface area contributed by atoms with Crippen LogP contribution < -0.4 is 5.32 Å². The SMILES string of the molecule is CC(=O)c1csc(NC(=O)C(F)(F)F)n1. The lowest BCUT2D eigenvalue weighted by molar-refractivity contribution is -0.167. The monoisotopic (exact) mass is 238 g/mol. The molecule has 1 aromatic rings. The molecular weight excluding hydrogens is 233 g/mol. The number of nitrogens with one attached hydrogen (secondary N) is 1. The zero-order valence-corrected chi connectivity index (χ0v) is 8.20. The Labute approximate surface area is 86.1 Å². The maximum Gasteiger partial charge on any atom is 0.471 e. The Balaban J connectivity index is 2.74. The number of anilines is 1. The van der Waals surface area contributed by atoms with E-state index >= 15 is 0 Å². The third kappa shape index (κ3) is 3.01. The summed E-state index contributed by atoms with van der Waals surface area (Å²) >= 11 is 0.758. The molecule has 1 amide bonds. The topological polar surface area (TPSA) is 59.1 Å². The number of carbonyl (C=O) groups is 2. The second kappa shape index (κ2) is 3.97. The maximum atomic E-state index is 11.8. The first kappa shape index (κ1) is 11.6. The Kier molecular flexibility index (Phi) is 3.08. The van der Waals surface area contributed by atoms with E-state index in [-0.39, 0.29) is 16.6 Å². The van der Waals surface area contributed by atoms with Gasteiger partial charge in [0, 0.05) is 12.3 Å². The highest BCUT2D eigenvalue weighted by Gasteiger charge is 2.39. The van der Waals surface area contributed by atoms with Crippen molar-refractivity contribution in [3.8, 4) is 0 Å². The third-order valence-corrected chi connectivity index (χ3v) is 2.10. The summed E-state index contributed by atoms with van der Waals surface area (Å²) in [7, 11) is 0. The smallest absolute Gasteiger partial charge is 0.294 e. The van der Waals surface area contributed by atoms with Crippen molar-refractivity contribution in [2.45, 2.75) is 13.1 Å². The van der Waals surface area contributed by atoms with Gasteiger partial charge in [-0.15, -0.1) is 11.3 Å². The van der Waals surface area contributed by atoms with Crippen molar-refractivity contribution in [2.24, 2.45) is 0 Å². The fraction of sp³-hybridized carbons (Fsp3) is 0.286. The molecule has 0 bridgehead atoms. The molecule has 4 nitrogen and oxygen atoms in total. The summed E-state index contributed by atoms with van der Waals surface area (Å²) in [5.74, 6) is -2.48. The molecule has 15 heavy (non-hydrogen) atoms. The summed E-state index contributed by atoms with van der Waals surface area (Å²) in [6.07, 6.45) is -4.96. The summed E-state index contributed by atoms with van der Waals surface area (Å²) in [4.78, 5) is 24.7. The highest BCUT2D eigenvalue weighted by molar-refractivity contribution is 7.14. The Bertz CT molecular complexity index is 399. The molecule has 0 saturated carbocycles. The van der Waals surface area contributed by atoms with Crippen LogP contribution >= 0.6 is 11.3 Å². The largest absolute Gasteiger partial charge is 0.471 e. The van der Waals surface area contributed by atoms with Crippen molar-refractivity contribution in [1.29, 1.82) is 0 Å². The molecule has 0 radical (unpaired) electrons. The highest BCUT2D eigenvalue weighted by atomic mass is 32.1. The molecule has 0 aliphatic rings. The standard InChI is InChI=1S/C7H5F3N2O2S/c1-3(13)4-2-15-6(11-4)12-5(14)7(8,9)10/h2H,1H3,(H,11,12,14). The van der Waals surface area contributed by atoms with Crippen LogP contribution in [0.15, 0.2) is 5.38 Å². The number of nitrogens with zero attached hydrogens (tertiary/aromatic N) is 1. The Morgan fingerprint density at radius 3 is 2.47 bits per heavy atom. The Morgan fingerprint density at radius 2 is 2.07 bits per heavy atom. The van der Waals surface area contributed by atoms with Crippen molar-refractivity contribution < 1.29 is 22.8 Å². The lowest BCUT2D eigenvalue weighted by Crippen LogP contribution is -2.29. The zero-order valence-electron chi connectivity index (χ0n) is 7.38. The molecule has 0 aliphatic carbocycles. The molecule has 0 saturated heterocycles. The van der Waals surface area contributed by atoms with Crippen molar-refractivity contribution in [3.63, 3.8) is 0 Å². The molecule has 1 heterocycles. The number of amides is 1. The molecule has 1 aromatic heterocycles. The van der Waals surface area contributed by atoms with Gasteiger partial charge in [0.2, 0.25) is 0 Å². The molecule has 1 rings (SSSR count). The first-order valence-corrected chi connectivity index (χ1v) is 4.53. The Morgan fingerprint density at radius 1 is 1.47 bits per heavy atom. The quantitative estimate of drug-likeness (QED) is 0.800. The molecular formula is C7H5F3N2O2S. The number of alkyl halides is 3. The summed E-state index contributed by atoms with van der Waals surface area (Å²) in [5, 5.41) is 2.57. The number of carbonyl (C=O) groups excluding carboxylic acids is 2. The lowest BCUT2D eigenvalue weighted by Gasteiger charge is -2.03. The number of ketones is 1. The molecule has 0 aliphatic heterocycles. The minimum atomic E-state index is -4.96. The number of rotatable bonds is 2. The minimum absolute atomic E-state index is 0.0254. The molecule has 0 fully saturated rings. The van der Waals surface area contributed by atoms with E-state index in [1.807, 2.05) is 0 Å². The van der Waals surface area contributed by atoms with Gasteiger partial charge in [0.15, 0.2) is 10.9 Å². The van der Waals surface area contributed by atoms with E-state index in [0.29, 0.717) is 0 Å². The number of hydrogen-bond donors (Lipinski definition) is 1. The molecule has 82 valence electrons. The van der Waals surface area contributed by atoms with Gasteiger partial charge in [-0.25, -0.2) is 4.98 Å². The summed E-state index contributed by atoms with van der Waals surface area (Å²) in [6, 6.07) is 0. The van der Waals surface area contributed by atoms with Crippen molar-refractivity contribution >= 4 is 28.2 Å². The average Bonchev–Trinajstić information content (AvgIpc) is 2.50. The van der Waals surface area contributed by atoms with Gasteiger partial charge in [-0.2, -0.15) is 13.2 Å².